The van der Waals surface area contributed by atoms with Gasteiger partial charge in [0, 0.05) is 6.61 Å². The van der Waals surface area contributed by atoms with Crippen LogP contribution in [0.25, 0.3) is 0 Å². The molecule has 1 aromatic rings. The van der Waals surface area contributed by atoms with Gasteiger partial charge in [-0.05, 0) is 63.3 Å². The fourth-order valence-electron chi connectivity index (χ4n) is 2.24. The van der Waals surface area contributed by atoms with E-state index in [4.69, 9.17) is 14.2 Å². The number of rotatable bonds is 5. The molecule has 0 aromatic heterocycles. The zero-order valence-corrected chi connectivity index (χ0v) is 13.1. The van der Waals surface area contributed by atoms with E-state index in [-0.39, 0.29) is 12.1 Å². The Balaban J connectivity index is 1.80. The lowest BCUT2D eigenvalue weighted by Gasteiger charge is -2.23. The third-order valence-corrected chi connectivity index (χ3v) is 3.83. The maximum Gasteiger partial charge on any atom is 0.340 e. The summed E-state index contributed by atoms with van der Waals surface area (Å²) < 4.78 is 16.5. The van der Waals surface area contributed by atoms with Crippen molar-refractivity contribution in [1.29, 1.82) is 0 Å². The molecule has 2 atom stereocenters. The van der Waals surface area contributed by atoms with E-state index in [1.807, 2.05) is 26.0 Å². The van der Waals surface area contributed by atoms with Gasteiger partial charge in [-0.3, -0.25) is 0 Å². The molecule has 116 valence electrons. The molecular weight excluding hydrogens is 268 g/mol. The number of aryl methyl sites for hydroxylation is 2. The number of carbonyl (C=O) groups excluding carboxylic acids is 1. The van der Waals surface area contributed by atoms with Gasteiger partial charge in [0.25, 0.3) is 0 Å². The van der Waals surface area contributed by atoms with Crippen LogP contribution in [-0.4, -0.2) is 31.4 Å². The average molecular weight is 292 g/mol. The van der Waals surface area contributed by atoms with Crippen LogP contribution in [-0.2, 0) is 14.3 Å². The zero-order chi connectivity index (χ0) is 15.2. The predicted octanol–water partition coefficient (Wildman–Crippen LogP) is 3.18. The minimum absolute atomic E-state index is 0.107. The van der Waals surface area contributed by atoms with Gasteiger partial charge in [0.15, 0.2) is 6.10 Å². The number of benzene rings is 1. The summed E-state index contributed by atoms with van der Waals surface area (Å²) in [5, 5.41) is 0. The van der Waals surface area contributed by atoms with Crippen LogP contribution in [0.5, 0.6) is 5.75 Å². The van der Waals surface area contributed by atoms with E-state index >= 15 is 0 Å². The second kappa shape index (κ2) is 7.57. The van der Waals surface area contributed by atoms with Gasteiger partial charge in [0.1, 0.15) is 5.75 Å². The summed E-state index contributed by atoms with van der Waals surface area (Å²) in [6.07, 6.45) is 2.79. The summed E-state index contributed by atoms with van der Waals surface area (Å²) in [7, 11) is 0. The van der Waals surface area contributed by atoms with Crippen LogP contribution in [0.1, 0.15) is 37.3 Å². The fraction of sp³-hybridized carbons (Fsp3) is 0.588. The molecule has 0 bridgehead atoms. The van der Waals surface area contributed by atoms with Crippen LogP contribution in [0, 0.1) is 13.8 Å². The Labute approximate surface area is 126 Å². The summed E-state index contributed by atoms with van der Waals surface area (Å²) in [6.45, 7) is 6.97. The quantitative estimate of drug-likeness (QED) is 0.617. The molecule has 0 spiro atoms. The van der Waals surface area contributed by atoms with Crippen molar-refractivity contribution in [3.05, 3.63) is 29.3 Å². The van der Waals surface area contributed by atoms with Crippen molar-refractivity contribution in [3.8, 4) is 5.75 Å². The van der Waals surface area contributed by atoms with Crippen LogP contribution in [0.2, 0.25) is 0 Å². The van der Waals surface area contributed by atoms with Gasteiger partial charge in [-0.15, -0.1) is 0 Å². The summed E-state index contributed by atoms with van der Waals surface area (Å²) in [5.74, 6) is 0.196. The molecule has 1 aliphatic rings. The van der Waals surface area contributed by atoms with E-state index in [9.17, 15) is 4.79 Å². The molecule has 1 saturated heterocycles. The molecule has 1 fully saturated rings. The van der Waals surface area contributed by atoms with Gasteiger partial charge in [0.05, 0.1) is 12.7 Å². The summed E-state index contributed by atoms with van der Waals surface area (Å²) >= 11 is 0. The van der Waals surface area contributed by atoms with Gasteiger partial charge in [-0.1, -0.05) is 6.07 Å². The van der Waals surface area contributed by atoms with Gasteiger partial charge < -0.3 is 14.2 Å². The van der Waals surface area contributed by atoms with Crippen molar-refractivity contribution in [2.24, 2.45) is 0 Å². The highest BCUT2D eigenvalue weighted by Crippen LogP contribution is 2.18. The number of hydrogen-bond donors (Lipinski definition) is 0. The van der Waals surface area contributed by atoms with Crippen LogP contribution in [0.15, 0.2) is 18.2 Å². The number of carbonyl (C=O) groups is 1. The van der Waals surface area contributed by atoms with Crippen molar-refractivity contribution in [2.45, 2.75) is 52.2 Å². The lowest BCUT2D eigenvalue weighted by molar-refractivity contribution is -0.149. The maximum absolute atomic E-state index is 12.0. The highest BCUT2D eigenvalue weighted by molar-refractivity contribution is 5.76. The number of esters is 1. The summed E-state index contributed by atoms with van der Waals surface area (Å²) in [6, 6.07) is 5.61. The Hall–Kier alpha value is -1.39. The van der Waals surface area contributed by atoms with E-state index in [1.165, 1.54) is 5.56 Å². The topological polar surface area (TPSA) is 44.8 Å². The Morgan fingerprint density at radius 2 is 2.14 bits per heavy atom. The maximum atomic E-state index is 12.0. The van der Waals surface area contributed by atoms with E-state index in [1.54, 1.807) is 13.0 Å². The minimum atomic E-state index is -0.586. The molecule has 0 N–H and O–H groups in total. The molecule has 1 aromatic carbocycles. The Morgan fingerprint density at radius 1 is 1.33 bits per heavy atom. The fourth-order valence-corrected chi connectivity index (χ4v) is 2.24. The van der Waals surface area contributed by atoms with Gasteiger partial charge in [-0.25, -0.2) is 4.79 Å². The van der Waals surface area contributed by atoms with Crippen molar-refractivity contribution in [2.75, 3.05) is 13.2 Å². The third-order valence-electron chi connectivity index (χ3n) is 3.83. The third kappa shape index (κ3) is 4.83. The minimum Gasteiger partial charge on any atom is -0.425 e. The van der Waals surface area contributed by atoms with Crippen molar-refractivity contribution in [1.82, 2.24) is 0 Å². The van der Waals surface area contributed by atoms with Gasteiger partial charge >= 0.3 is 5.97 Å². The molecular formula is C17H24O4. The number of hydrogen-bond acceptors (Lipinski definition) is 4. The SMILES string of the molecule is Cc1ccc(OC(=O)C(C)OCC2CCCCO2)cc1C. The Bertz CT molecular complexity index is 478. The molecule has 2 rings (SSSR count). The number of ether oxygens (including phenoxy) is 3. The van der Waals surface area contributed by atoms with Crippen LogP contribution < -0.4 is 4.74 Å². The van der Waals surface area contributed by atoms with E-state index in [0.717, 1.165) is 31.4 Å². The molecule has 1 heterocycles. The molecule has 21 heavy (non-hydrogen) atoms. The molecule has 4 heteroatoms. The van der Waals surface area contributed by atoms with E-state index in [0.29, 0.717) is 12.4 Å². The van der Waals surface area contributed by atoms with Crippen molar-refractivity contribution in [3.63, 3.8) is 0 Å². The molecule has 4 nitrogen and oxygen atoms in total. The normalized spacial score (nSPS) is 20.0. The van der Waals surface area contributed by atoms with Crippen LogP contribution in [0.4, 0.5) is 0 Å². The van der Waals surface area contributed by atoms with Crippen molar-refractivity contribution < 1.29 is 19.0 Å². The lowest BCUT2D eigenvalue weighted by Crippen LogP contribution is -2.31. The zero-order valence-electron chi connectivity index (χ0n) is 13.1. The van der Waals surface area contributed by atoms with Gasteiger partial charge in [0.2, 0.25) is 0 Å². The average Bonchev–Trinajstić information content (AvgIpc) is 2.49. The first-order valence-electron chi connectivity index (χ1n) is 7.58. The first-order valence-corrected chi connectivity index (χ1v) is 7.58. The Morgan fingerprint density at radius 3 is 2.81 bits per heavy atom. The van der Waals surface area contributed by atoms with Crippen molar-refractivity contribution >= 4 is 5.97 Å². The second-order valence-corrected chi connectivity index (χ2v) is 5.63. The molecule has 1 aliphatic heterocycles. The van der Waals surface area contributed by atoms with Crippen LogP contribution >= 0.6 is 0 Å². The monoisotopic (exact) mass is 292 g/mol. The predicted molar refractivity (Wildman–Crippen MR) is 80.6 cm³/mol. The van der Waals surface area contributed by atoms with E-state index in [2.05, 4.69) is 0 Å². The van der Waals surface area contributed by atoms with E-state index < -0.39 is 6.10 Å². The van der Waals surface area contributed by atoms with Gasteiger partial charge in [-0.2, -0.15) is 0 Å². The summed E-state index contributed by atoms with van der Waals surface area (Å²) in [4.78, 5) is 12.0. The second-order valence-electron chi connectivity index (χ2n) is 5.63. The Kier molecular flexibility index (Phi) is 5.76. The lowest BCUT2D eigenvalue weighted by atomic mass is 10.1. The molecule has 0 amide bonds. The standard InChI is InChI=1S/C17H24O4/c1-12-7-8-15(10-13(12)2)21-17(18)14(3)20-11-16-6-4-5-9-19-16/h7-8,10,14,16H,4-6,9,11H2,1-3H3. The highest BCUT2D eigenvalue weighted by Gasteiger charge is 2.20. The molecule has 0 saturated carbocycles. The highest BCUT2D eigenvalue weighted by atomic mass is 16.6. The molecule has 0 aliphatic carbocycles. The molecule has 0 radical (unpaired) electrons. The molecule has 2 unspecified atom stereocenters. The van der Waals surface area contributed by atoms with Crippen LogP contribution in [0.3, 0.4) is 0 Å². The largest absolute Gasteiger partial charge is 0.425 e. The smallest absolute Gasteiger partial charge is 0.340 e. The first-order chi connectivity index (χ1) is 10.1. The first kappa shape index (κ1) is 16.0. The summed E-state index contributed by atoms with van der Waals surface area (Å²) in [5.41, 5.74) is 2.28.